The van der Waals surface area contributed by atoms with Crippen LogP contribution in [0.25, 0.3) is 0 Å². The summed E-state index contributed by atoms with van der Waals surface area (Å²) in [5.41, 5.74) is 3.08. The highest BCUT2D eigenvalue weighted by molar-refractivity contribution is 8.00. The number of rotatable bonds is 4. The largest absolute Gasteiger partial charge is 0.325 e. The highest BCUT2D eigenvalue weighted by atomic mass is 32.2. The highest BCUT2D eigenvalue weighted by Crippen LogP contribution is 2.19. The third-order valence-corrected chi connectivity index (χ3v) is 3.64. The molecule has 1 aromatic carbocycles. The summed E-state index contributed by atoms with van der Waals surface area (Å²) in [5.74, 6) is 0.278. The number of carbonyl (C=O) groups excluding carboxylic acids is 1. The first-order chi connectivity index (χ1) is 8.06. The van der Waals surface area contributed by atoms with E-state index in [1.165, 1.54) is 11.8 Å². The van der Waals surface area contributed by atoms with Crippen LogP contribution in [0.15, 0.2) is 18.2 Å². The molecule has 17 heavy (non-hydrogen) atoms. The van der Waals surface area contributed by atoms with Crippen molar-refractivity contribution >= 4 is 23.4 Å². The standard InChI is InChI=1S/C13H16N2OS/c1-9-5-4-6-12(10(9)2)15-13(16)11(3)17-8-7-14/h4-6,11H,8H2,1-3H3,(H,15,16). The molecule has 3 nitrogen and oxygen atoms in total. The predicted octanol–water partition coefficient (Wildman–Crippen LogP) is 2.89. The molecule has 0 saturated heterocycles. The van der Waals surface area contributed by atoms with Gasteiger partial charge in [-0.25, -0.2) is 0 Å². The summed E-state index contributed by atoms with van der Waals surface area (Å²) in [7, 11) is 0. The second-order valence-corrected chi connectivity index (χ2v) is 5.18. The molecule has 0 aromatic heterocycles. The quantitative estimate of drug-likeness (QED) is 0.891. The van der Waals surface area contributed by atoms with E-state index in [1.807, 2.05) is 45.0 Å². The Kier molecular flexibility index (Phi) is 5.05. The summed E-state index contributed by atoms with van der Waals surface area (Å²) in [5, 5.41) is 11.1. The van der Waals surface area contributed by atoms with Crippen LogP contribution in [0.4, 0.5) is 5.69 Å². The van der Waals surface area contributed by atoms with Crippen molar-refractivity contribution in [2.45, 2.75) is 26.0 Å². The molecule has 1 rings (SSSR count). The molecule has 1 amide bonds. The molecule has 0 radical (unpaired) electrons. The van der Waals surface area contributed by atoms with E-state index >= 15 is 0 Å². The van der Waals surface area contributed by atoms with Gasteiger partial charge in [-0.15, -0.1) is 11.8 Å². The lowest BCUT2D eigenvalue weighted by Gasteiger charge is -2.13. The van der Waals surface area contributed by atoms with E-state index in [0.717, 1.165) is 16.8 Å². The Morgan fingerprint density at radius 3 is 2.88 bits per heavy atom. The fraction of sp³-hybridized carbons (Fsp3) is 0.385. The van der Waals surface area contributed by atoms with Crippen molar-refractivity contribution < 1.29 is 4.79 Å². The maximum atomic E-state index is 11.8. The SMILES string of the molecule is Cc1cccc(NC(=O)C(C)SCC#N)c1C. The third kappa shape index (κ3) is 3.79. The van der Waals surface area contributed by atoms with Gasteiger partial charge in [-0.3, -0.25) is 4.79 Å². The summed E-state index contributed by atoms with van der Waals surface area (Å²) in [6.07, 6.45) is 0. The maximum absolute atomic E-state index is 11.8. The average molecular weight is 248 g/mol. The molecule has 0 aliphatic heterocycles. The molecule has 1 N–H and O–H groups in total. The van der Waals surface area contributed by atoms with Crippen LogP contribution in [-0.2, 0) is 4.79 Å². The normalized spacial score (nSPS) is 11.6. The third-order valence-electron chi connectivity index (χ3n) is 2.63. The van der Waals surface area contributed by atoms with Gasteiger partial charge in [0.15, 0.2) is 0 Å². The zero-order valence-corrected chi connectivity index (χ0v) is 11.1. The van der Waals surface area contributed by atoms with Gasteiger partial charge in [0, 0.05) is 5.69 Å². The van der Waals surface area contributed by atoms with Crippen molar-refractivity contribution in [2.24, 2.45) is 0 Å². The smallest absolute Gasteiger partial charge is 0.237 e. The number of aryl methyl sites for hydroxylation is 1. The van der Waals surface area contributed by atoms with Crippen LogP contribution in [-0.4, -0.2) is 16.9 Å². The Labute approximate surface area is 106 Å². The first-order valence-corrected chi connectivity index (χ1v) is 6.46. The Balaban J connectivity index is 2.68. The predicted molar refractivity (Wildman–Crippen MR) is 72.1 cm³/mol. The molecule has 0 fully saturated rings. The summed E-state index contributed by atoms with van der Waals surface area (Å²) in [6.45, 7) is 5.80. The topological polar surface area (TPSA) is 52.9 Å². The highest BCUT2D eigenvalue weighted by Gasteiger charge is 2.14. The number of hydrogen-bond acceptors (Lipinski definition) is 3. The second kappa shape index (κ2) is 6.31. The van der Waals surface area contributed by atoms with Gasteiger partial charge < -0.3 is 5.32 Å². The van der Waals surface area contributed by atoms with Crippen LogP contribution in [0.1, 0.15) is 18.1 Å². The van der Waals surface area contributed by atoms with Gasteiger partial charge >= 0.3 is 0 Å². The van der Waals surface area contributed by atoms with Crippen molar-refractivity contribution in [2.75, 3.05) is 11.1 Å². The van der Waals surface area contributed by atoms with Crippen LogP contribution in [0.2, 0.25) is 0 Å². The Morgan fingerprint density at radius 1 is 1.53 bits per heavy atom. The Morgan fingerprint density at radius 2 is 2.24 bits per heavy atom. The van der Waals surface area contributed by atoms with Gasteiger partial charge in [-0.1, -0.05) is 12.1 Å². The summed E-state index contributed by atoms with van der Waals surface area (Å²) in [4.78, 5) is 11.8. The molecule has 0 heterocycles. The minimum absolute atomic E-state index is 0.0565. The first-order valence-electron chi connectivity index (χ1n) is 5.42. The lowest BCUT2D eigenvalue weighted by molar-refractivity contribution is -0.115. The molecule has 0 saturated carbocycles. The molecule has 1 aromatic rings. The van der Waals surface area contributed by atoms with Gasteiger partial charge in [0.25, 0.3) is 0 Å². The maximum Gasteiger partial charge on any atom is 0.237 e. The average Bonchev–Trinajstić information content (AvgIpc) is 2.31. The minimum atomic E-state index is -0.213. The number of amides is 1. The van der Waals surface area contributed by atoms with Crippen LogP contribution in [0.5, 0.6) is 0 Å². The van der Waals surface area contributed by atoms with Crippen molar-refractivity contribution in [3.05, 3.63) is 29.3 Å². The molecule has 90 valence electrons. The molecule has 0 bridgehead atoms. The van der Waals surface area contributed by atoms with Gasteiger partial charge in [0.1, 0.15) is 0 Å². The van der Waals surface area contributed by atoms with E-state index < -0.39 is 0 Å². The Hall–Kier alpha value is -1.47. The first kappa shape index (κ1) is 13.6. The fourth-order valence-corrected chi connectivity index (χ4v) is 1.89. The van der Waals surface area contributed by atoms with Gasteiger partial charge in [-0.2, -0.15) is 5.26 Å². The lowest BCUT2D eigenvalue weighted by Crippen LogP contribution is -2.23. The monoisotopic (exact) mass is 248 g/mol. The molecule has 0 aliphatic rings. The van der Waals surface area contributed by atoms with Crippen LogP contribution in [0, 0.1) is 25.2 Å². The molecule has 4 heteroatoms. The number of nitriles is 1. The van der Waals surface area contributed by atoms with Crippen molar-refractivity contribution in [3.8, 4) is 6.07 Å². The summed E-state index contributed by atoms with van der Waals surface area (Å²) >= 11 is 1.34. The van der Waals surface area contributed by atoms with E-state index in [2.05, 4.69) is 5.32 Å². The number of hydrogen-bond donors (Lipinski definition) is 1. The van der Waals surface area contributed by atoms with E-state index in [4.69, 9.17) is 5.26 Å². The van der Waals surface area contributed by atoms with Crippen LogP contribution < -0.4 is 5.32 Å². The molecule has 1 unspecified atom stereocenters. The summed E-state index contributed by atoms with van der Waals surface area (Å²) in [6, 6.07) is 7.85. The van der Waals surface area contributed by atoms with E-state index in [9.17, 15) is 4.79 Å². The van der Waals surface area contributed by atoms with Gasteiger partial charge in [0.2, 0.25) is 5.91 Å². The molecule has 0 aliphatic carbocycles. The zero-order chi connectivity index (χ0) is 12.8. The lowest BCUT2D eigenvalue weighted by atomic mass is 10.1. The van der Waals surface area contributed by atoms with Gasteiger partial charge in [0.05, 0.1) is 17.1 Å². The molecular formula is C13H16N2OS. The molecular weight excluding hydrogens is 232 g/mol. The van der Waals surface area contributed by atoms with Crippen LogP contribution >= 0.6 is 11.8 Å². The fourth-order valence-electron chi connectivity index (χ4n) is 1.36. The summed E-state index contributed by atoms with van der Waals surface area (Å²) < 4.78 is 0. The number of carbonyl (C=O) groups is 1. The van der Waals surface area contributed by atoms with E-state index in [1.54, 1.807) is 0 Å². The number of nitrogens with zero attached hydrogens (tertiary/aromatic N) is 1. The Bertz CT molecular complexity index is 451. The number of benzene rings is 1. The van der Waals surface area contributed by atoms with Crippen molar-refractivity contribution in [1.82, 2.24) is 0 Å². The second-order valence-electron chi connectivity index (χ2n) is 3.85. The number of anilines is 1. The van der Waals surface area contributed by atoms with Crippen molar-refractivity contribution in [1.29, 1.82) is 5.26 Å². The van der Waals surface area contributed by atoms with Crippen LogP contribution in [0.3, 0.4) is 0 Å². The number of nitrogens with one attached hydrogen (secondary N) is 1. The zero-order valence-electron chi connectivity index (χ0n) is 10.3. The minimum Gasteiger partial charge on any atom is -0.325 e. The molecule has 1 atom stereocenters. The molecule has 0 spiro atoms. The van der Waals surface area contributed by atoms with Crippen molar-refractivity contribution in [3.63, 3.8) is 0 Å². The van der Waals surface area contributed by atoms with Gasteiger partial charge in [-0.05, 0) is 38.0 Å². The van der Waals surface area contributed by atoms with E-state index in [0.29, 0.717) is 5.75 Å². The van der Waals surface area contributed by atoms with E-state index in [-0.39, 0.29) is 11.2 Å². The number of thioether (sulfide) groups is 1.